The number of carbonyl (C=O) groups is 1. The minimum absolute atomic E-state index is 0.0597. The fourth-order valence-corrected chi connectivity index (χ4v) is 1.76. The lowest BCUT2D eigenvalue weighted by atomic mass is 10.2. The van der Waals surface area contributed by atoms with Gasteiger partial charge in [0.05, 0.1) is 6.10 Å². The fraction of sp³-hybridized carbons (Fsp3) is 0.667. The molecule has 5 heteroatoms. The van der Waals surface area contributed by atoms with Gasteiger partial charge in [-0.25, -0.2) is 4.79 Å². The molecule has 5 nitrogen and oxygen atoms in total. The quantitative estimate of drug-likeness (QED) is 0.258. The van der Waals surface area contributed by atoms with Crippen LogP contribution < -0.4 is 0 Å². The Bertz CT molecular complexity index is 416. The molecule has 0 aliphatic carbocycles. The minimum atomic E-state index is -0.696. The van der Waals surface area contributed by atoms with Crippen molar-refractivity contribution in [3.63, 3.8) is 0 Å². The zero-order valence-electron chi connectivity index (χ0n) is 14.6. The Morgan fingerprint density at radius 1 is 1.26 bits per heavy atom. The van der Waals surface area contributed by atoms with E-state index in [1.54, 1.807) is 13.0 Å². The van der Waals surface area contributed by atoms with E-state index in [1.807, 2.05) is 12.3 Å². The summed E-state index contributed by atoms with van der Waals surface area (Å²) in [6.45, 7) is 7.94. The molecule has 0 radical (unpaired) electrons. The smallest absolute Gasteiger partial charge is 0.348 e. The van der Waals surface area contributed by atoms with Crippen LogP contribution in [0.15, 0.2) is 23.9 Å². The molecular weight excluding hydrogens is 292 g/mol. The number of nitrogens with zero attached hydrogens (tertiary/aromatic N) is 2. The number of carbonyl (C=O) groups excluding carboxylic acids is 1. The number of aliphatic hydroxyl groups excluding tert-OH is 1. The Morgan fingerprint density at radius 2 is 1.87 bits per heavy atom. The first-order valence-corrected chi connectivity index (χ1v) is 8.46. The summed E-state index contributed by atoms with van der Waals surface area (Å²) in [4.78, 5) is 13.9. The molecule has 0 aromatic heterocycles. The van der Waals surface area contributed by atoms with Crippen molar-refractivity contribution >= 4 is 5.97 Å². The molecule has 130 valence electrons. The number of unbranched alkanes of at least 4 members (excludes halogenated alkanes) is 2. The summed E-state index contributed by atoms with van der Waals surface area (Å²) in [5, 5.41) is 18.4. The van der Waals surface area contributed by atoms with Gasteiger partial charge in [0.2, 0.25) is 0 Å². The van der Waals surface area contributed by atoms with Crippen LogP contribution in [0.1, 0.15) is 52.9 Å². The maximum atomic E-state index is 11.7. The third-order valence-corrected chi connectivity index (χ3v) is 3.38. The van der Waals surface area contributed by atoms with Gasteiger partial charge in [0.15, 0.2) is 0 Å². The molecule has 0 saturated carbocycles. The van der Waals surface area contributed by atoms with Crippen molar-refractivity contribution in [3.05, 3.63) is 23.9 Å². The second kappa shape index (κ2) is 13.8. The Hall–Kier alpha value is -1.80. The molecule has 1 atom stereocenters. The zero-order valence-corrected chi connectivity index (χ0v) is 14.6. The highest BCUT2D eigenvalue weighted by Gasteiger charge is 2.11. The predicted molar refractivity (Wildman–Crippen MR) is 91.5 cm³/mol. The molecule has 0 aliphatic rings. The highest BCUT2D eigenvalue weighted by molar-refractivity contribution is 5.93. The van der Waals surface area contributed by atoms with E-state index in [1.165, 1.54) is 6.08 Å². The maximum absolute atomic E-state index is 11.7. The summed E-state index contributed by atoms with van der Waals surface area (Å²) in [5.41, 5.74) is -0.0597. The number of ether oxygens (including phenoxy) is 1. The van der Waals surface area contributed by atoms with Crippen LogP contribution in [0, 0.1) is 11.3 Å². The third kappa shape index (κ3) is 10.5. The van der Waals surface area contributed by atoms with Gasteiger partial charge in [-0.2, -0.15) is 5.26 Å². The number of aliphatic hydroxyl groups is 1. The summed E-state index contributed by atoms with van der Waals surface area (Å²) in [6, 6.07) is 1.84. The van der Waals surface area contributed by atoms with Gasteiger partial charge < -0.3 is 14.7 Å². The first-order chi connectivity index (χ1) is 11.1. The number of hydrogen-bond donors (Lipinski definition) is 1. The van der Waals surface area contributed by atoms with Gasteiger partial charge in [0.1, 0.15) is 18.2 Å². The molecule has 0 amide bonds. The van der Waals surface area contributed by atoms with Gasteiger partial charge >= 0.3 is 5.97 Å². The van der Waals surface area contributed by atoms with E-state index in [0.717, 1.165) is 38.8 Å². The zero-order chi connectivity index (χ0) is 17.5. The molecule has 0 rings (SSSR count). The molecule has 1 unspecified atom stereocenters. The van der Waals surface area contributed by atoms with E-state index < -0.39 is 12.1 Å². The van der Waals surface area contributed by atoms with E-state index >= 15 is 0 Å². The van der Waals surface area contributed by atoms with Crippen LogP contribution in [0.2, 0.25) is 0 Å². The van der Waals surface area contributed by atoms with Crippen LogP contribution in [0.3, 0.4) is 0 Å². The normalized spacial score (nSPS) is 12.9. The van der Waals surface area contributed by atoms with Crippen molar-refractivity contribution in [2.75, 3.05) is 19.7 Å². The molecule has 23 heavy (non-hydrogen) atoms. The first kappa shape index (κ1) is 21.2. The van der Waals surface area contributed by atoms with Crippen molar-refractivity contribution in [2.45, 2.75) is 59.0 Å². The molecule has 0 aromatic carbocycles. The molecule has 0 heterocycles. The molecule has 0 bridgehead atoms. The van der Waals surface area contributed by atoms with Crippen LogP contribution in [0.4, 0.5) is 0 Å². The van der Waals surface area contributed by atoms with E-state index in [9.17, 15) is 9.90 Å². The summed E-state index contributed by atoms with van der Waals surface area (Å²) in [7, 11) is 0. The number of esters is 1. The summed E-state index contributed by atoms with van der Waals surface area (Å²) >= 11 is 0. The van der Waals surface area contributed by atoms with Crippen LogP contribution in [-0.2, 0) is 9.53 Å². The molecule has 0 aliphatic heterocycles. The van der Waals surface area contributed by atoms with Gasteiger partial charge in [-0.15, -0.1) is 0 Å². The second-order valence-corrected chi connectivity index (χ2v) is 5.44. The van der Waals surface area contributed by atoms with E-state index in [2.05, 4.69) is 18.7 Å². The van der Waals surface area contributed by atoms with Gasteiger partial charge in [-0.1, -0.05) is 33.6 Å². The summed E-state index contributed by atoms with van der Waals surface area (Å²) in [5.74, 6) is -0.696. The molecule has 0 fully saturated rings. The highest BCUT2D eigenvalue weighted by atomic mass is 16.5. The number of hydrogen-bond acceptors (Lipinski definition) is 5. The van der Waals surface area contributed by atoms with Crippen LogP contribution in [0.5, 0.6) is 0 Å². The largest absolute Gasteiger partial charge is 0.459 e. The lowest BCUT2D eigenvalue weighted by molar-refractivity contribution is -0.141. The van der Waals surface area contributed by atoms with Gasteiger partial charge in [-0.05, 0) is 37.6 Å². The van der Waals surface area contributed by atoms with Crippen molar-refractivity contribution in [1.82, 2.24) is 4.90 Å². The summed E-state index contributed by atoms with van der Waals surface area (Å²) in [6.07, 6.45) is 9.38. The minimum Gasteiger partial charge on any atom is -0.459 e. The Kier molecular flexibility index (Phi) is 12.8. The van der Waals surface area contributed by atoms with E-state index in [4.69, 9.17) is 10.00 Å². The van der Waals surface area contributed by atoms with Crippen molar-refractivity contribution < 1.29 is 14.6 Å². The lowest BCUT2D eigenvalue weighted by Crippen LogP contribution is -2.19. The van der Waals surface area contributed by atoms with Crippen molar-refractivity contribution in [2.24, 2.45) is 0 Å². The van der Waals surface area contributed by atoms with E-state index in [-0.39, 0.29) is 12.2 Å². The fourth-order valence-electron chi connectivity index (χ4n) is 1.76. The number of nitriles is 1. The Labute approximate surface area is 140 Å². The summed E-state index contributed by atoms with van der Waals surface area (Å²) < 4.78 is 4.91. The molecule has 1 N–H and O–H groups in total. The standard InChI is InChI=1S/C18H30N2O3/c1-4-7-11-20(12-8-5-2)13-9-10-16(14-19)18(22)23-15-17(21)6-3/h9-10,13,17,21H,4-8,11-12,15H2,1-3H3/b13-9+,16-10+. The first-order valence-electron chi connectivity index (χ1n) is 8.46. The molecule has 0 saturated heterocycles. The predicted octanol–water partition coefficient (Wildman–Crippen LogP) is 3.17. The van der Waals surface area contributed by atoms with Crippen LogP contribution >= 0.6 is 0 Å². The number of rotatable bonds is 12. The van der Waals surface area contributed by atoms with E-state index in [0.29, 0.717) is 6.42 Å². The molecular formula is C18H30N2O3. The second-order valence-electron chi connectivity index (χ2n) is 5.44. The molecule has 0 spiro atoms. The Morgan fingerprint density at radius 3 is 2.35 bits per heavy atom. The average Bonchev–Trinajstić information content (AvgIpc) is 2.57. The van der Waals surface area contributed by atoms with Crippen LogP contribution in [0.25, 0.3) is 0 Å². The van der Waals surface area contributed by atoms with Gasteiger partial charge in [0.25, 0.3) is 0 Å². The maximum Gasteiger partial charge on any atom is 0.348 e. The average molecular weight is 322 g/mol. The SMILES string of the molecule is CCCCN(/C=C/C=C(\C#N)C(=O)OCC(O)CC)CCCC. The highest BCUT2D eigenvalue weighted by Crippen LogP contribution is 2.03. The number of allylic oxidation sites excluding steroid dienone is 2. The van der Waals surface area contributed by atoms with Gasteiger partial charge in [-0.3, -0.25) is 0 Å². The topological polar surface area (TPSA) is 73.6 Å². The third-order valence-electron chi connectivity index (χ3n) is 3.38. The lowest BCUT2D eigenvalue weighted by Gasteiger charge is -2.19. The van der Waals surface area contributed by atoms with Crippen LogP contribution in [-0.4, -0.2) is 41.8 Å². The van der Waals surface area contributed by atoms with Gasteiger partial charge in [0, 0.05) is 13.1 Å². The van der Waals surface area contributed by atoms with Crippen molar-refractivity contribution in [1.29, 1.82) is 5.26 Å². The molecule has 0 aromatic rings. The monoisotopic (exact) mass is 322 g/mol. The van der Waals surface area contributed by atoms with Crippen molar-refractivity contribution in [3.8, 4) is 6.07 Å². The Balaban J connectivity index is 4.62.